The van der Waals surface area contributed by atoms with E-state index in [1.165, 1.54) is 0 Å². The Labute approximate surface area is 196 Å². The van der Waals surface area contributed by atoms with E-state index >= 15 is 0 Å². The predicted octanol–water partition coefficient (Wildman–Crippen LogP) is 4.06. The summed E-state index contributed by atoms with van der Waals surface area (Å²) in [6.45, 7) is 8.27. The fourth-order valence-corrected chi connectivity index (χ4v) is 4.30. The van der Waals surface area contributed by atoms with E-state index in [-0.39, 0.29) is 6.61 Å². The van der Waals surface area contributed by atoms with Gasteiger partial charge in [-0.2, -0.15) is 5.10 Å². The molecule has 1 atom stereocenters. The lowest BCUT2D eigenvalue weighted by molar-refractivity contribution is -0.153. The van der Waals surface area contributed by atoms with Crippen LogP contribution in [0, 0.1) is 20.8 Å². The lowest BCUT2D eigenvalue weighted by atomic mass is 9.94. The normalized spacial score (nSPS) is 12.3. The molecule has 0 amide bonds. The second-order valence-electron chi connectivity index (χ2n) is 8.02. The molecule has 4 rings (SSSR count). The van der Waals surface area contributed by atoms with E-state index in [9.17, 15) is 9.90 Å². The van der Waals surface area contributed by atoms with E-state index in [2.05, 4.69) is 14.6 Å². The largest absolute Gasteiger partial charge is 0.464 e. The summed E-state index contributed by atoms with van der Waals surface area (Å²) in [6, 6.07) is 3.52. The van der Waals surface area contributed by atoms with Crippen molar-refractivity contribution in [3.63, 3.8) is 0 Å². The van der Waals surface area contributed by atoms with Crippen molar-refractivity contribution in [1.82, 2.24) is 24.3 Å². The summed E-state index contributed by atoms with van der Waals surface area (Å²) < 4.78 is 8.99. The Morgan fingerprint density at radius 1 is 1.24 bits per heavy atom. The van der Waals surface area contributed by atoms with Gasteiger partial charge in [0.2, 0.25) is 0 Å². The third kappa shape index (κ3) is 4.12. The number of esters is 1. The second kappa shape index (κ2) is 8.96. The molecule has 0 aliphatic heterocycles. The summed E-state index contributed by atoms with van der Waals surface area (Å²) >= 11 is 6.09. The minimum Gasteiger partial charge on any atom is -0.464 e. The highest BCUT2D eigenvalue weighted by Gasteiger charge is 2.30. The number of aryl methyl sites for hydroxylation is 3. The first-order chi connectivity index (χ1) is 15.7. The molecule has 0 unspecified atom stereocenters. The molecule has 8 nitrogen and oxygen atoms in total. The van der Waals surface area contributed by atoms with Gasteiger partial charge in [0.05, 0.1) is 30.1 Å². The SMILES string of the molecule is CCOC(=O)[C@@H](O)c1c(C)nc2c(c(C)c(C)n2Cc2cnn(C)c2)c1-c1ccc(Cl)cn1. The number of hydrogen-bond acceptors (Lipinski definition) is 6. The number of hydrogen-bond donors (Lipinski definition) is 1. The maximum Gasteiger partial charge on any atom is 0.339 e. The zero-order valence-corrected chi connectivity index (χ0v) is 20.0. The number of aliphatic hydroxyl groups is 1. The quantitative estimate of drug-likeness (QED) is 0.430. The van der Waals surface area contributed by atoms with Gasteiger partial charge in [-0.05, 0) is 45.4 Å². The van der Waals surface area contributed by atoms with Crippen LogP contribution in [-0.4, -0.2) is 42.0 Å². The van der Waals surface area contributed by atoms with Crippen molar-refractivity contribution in [2.75, 3.05) is 6.61 Å². The highest BCUT2D eigenvalue weighted by molar-refractivity contribution is 6.30. The molecular weight excluding hydrogens is 442 g/mol. The summed E-state index contributed by atoms with van der Waals surface area (Å²) in [5.74, 6) is -0.721. The van der Waals surface area contributed by atoms with Crippen molar-refractivity contribution in [1.29, 1.82) is 0 Å². The molecule has 0 bridgehead atoms. The zero-order chi connectivity index (χ0) is 23.9. The van der Waals surface area contributed by atoms with Gasteiger partial charge < -0.3 is 14.4 Å². The van der Waals surface area contributed by atoms with Crippen molar-refractivity contribution in [2.24, 2.45) is 7.05 Å². The molecule has 4 heterocycles. The monoisotopic (exact) mass is 467 g/mol. The molecule has 0 aliphatic carbocycles. The highest BCUT2D eigenvalue weighted by atomic mass is 35.5. The number of aliphatic hydroxyl groups excluding tert-OH is 1. The number of halogens is 1. The molecule has 0 saturated heterocycles. The molecule has 9 heteroatoms. The summed E-state index contributed by atoms with van der Waals surface area (Å²) in [6.07, 6.45) is 3.85. The number of nitrogens with zero attached hydrogens (tertiary/aromatic N) is 5. The fraction of sp³-hybridized carbons (Fsp3) is 0.333. The van der Waals surface area contributed by atoms with Gasteiger partial charge >= 0.3 is 5.97 Å². The molecule has 4 aromatic rings. The van der Waals surface area contributed by atoms with Crippen LogP contribution in [0.5, 0.6) is 0 Å². The van der Waals surface area contributed by atoms with E-state index in [0.29, 0.717) is 34.1 Å². The van der Waals surface area contributed by atoms with Gasteiger partial charge in [0.15, 0.2) is 6.10 Å². The van der Waals surface area contributed by atoms with E-state index in [4.69, 9.17) is 21.3 Å². The van der Waals surface area contributed by atoms with Gasteiger partial charge in [-0.25, -0.2) is 9.78 Å². The lowest BCUT2D eigenvalue weighted by Crippen LogP contribution is -2.18. The number of rotatable bonds is 6. The molecule has 172 valence electrons. The zero-order valence-electron chi connectivity index (χ0n) is 19.3. The number of carbonyl (C=O) groups is 1. The highest BCUT2D eigenvalue weighted by Crippen LogP contribution is 2.40. The Morgan fingerprint density at radius 2 is 2.00 bits per heavy atom. The van der Waals surface area contributed by atoms with Crippen LogP contribution in [0.3, 0.4) is 0 Å². The minimum atomic E-state index is -1.49. The van der Waals surface area contributed by atoms with Crippen LogP contribution in [0.25, 0.3) is 22.3 Å². The average molecular weight is 468 g/mol. The number of ether oxygens (including phenoxy) is 1. The van der Waals surface area contributed by atoms with Crippen molar-refractivity contribution < 1.29 is 14.6 Å². The third-order valence-electron chi connectivity index (χ3n) is 5.85. The molecule has 0 aromatic carbocycles. The van der Waals surface area contributed by atoms with Crippen molar-refractivity contribution in [3.8, 4) is 11.3 Å². The minimum absolute atomic E-state index is 0.165. The van der Waals surface area contributed by atoms with Crippen LogP contribution in [0.4, 0.5) is 0 Å². The molecule has 1 N–H and O–H groups in total. The topological polar surface area (TPSA) is 95.1 Å². The molecule has 0 saturated carbocycles. The summed E-state index contributed by atoms with van der Waals surface area (Å²) in [5.41, 5.74) is 5.97. The van der Waals surface area contributed by atoms with Gasteiger partial charge in [0.25, 0.3) is 0 Å². The van der Waals surface area contributed by atoms with Gasteiger partial charge in [-0.3, -0.25) is 9.67 Å². The van der Waals surface area contributed by atoms with Crippen LogP contribution in [-0.2, 0) is 23.1 Å². The maximum atomic E-state index is 12.5. The number of carbonyl (C=O) groups excluding carboxylic acids is 1. The lowest BCUT2D eigenvalue weighted by Gasteiger charge is -2.18. The Hall–Kier alpha value is -3.23. The molecule has 0 fully saturated rings. The first kappa shape index (κ1) is 22.9. The smallest absolute Gasteiger partial charge is 0.339 e. The van der Waals surface area contributed by atoms with Crippen molar-refractivity contribution >= 4 is 28.6 Å². The number of fused-ring (bicyclic) bond motifs is 1. The van der Waals surface area contributed by atoms with Crippen LogP contribution in [0.2, 0.25) is 5.02 Å². The van der Waals surface area contributed by atoms with E-state index < -0.39 is 12.1 Å². The standard InChI is InChI=1S/C24H26ClN5O3/c1-6-33-24(32)22(31)20-14(3)28-23-19(21(20)18-8-7-17(25)10-26-18)13(2)15(4)30(23)12-16-9-27-29(5)11-16/h7-11,22,31H,6,12H2,1-5H3/t22-/m0/s1. The van der Waals surface area contributed by atoms with Crippen molar-refractivity contribution in [3.05, 3.63) is 63.8 Å². The summed E-state index contributed by atoms with van der Waals surface area (Å²) in [7, 11) is 1.88. The maximum absolute atomic E-state index is 12.5. The summed E-state index contributed by atoms with van der Waals surface area (Å²) in [4.78, 5) is 21.9. The van der Waals surface area contributed by atoms with E-state index in [1.54, 1.807) is 36.9 Å². The van der Waals surface area contributed by atoms with Gasteiger partial charge in [0.1, 0.15) is 5.65 Å². The predicted molar refractivity (Wildman–Crippen MR) is 126 cm³/mol. The van der Waals surface area contributed by atoms with Crippen LogP contribution in [0.15, 0.2) is 30.7 Å². The average Bonchev–Trinajstić information content (AvgIpc) is 3.29. The van der Waals surface area contributed by atoms with Gasteiger partial charge in [-0.1, -0.05) is 11.6 Å². The van der Waals surface area contributed by atoms with Gasteiger partial charge in [-0.15, -0.1) is 0 Å². The third-order valence-corrected chi connectivity index (χ3v) is 6.07. The van der Waals surface area contributed by atoms with Crippen molar-refractivity contribution in [2.45, 2.75) is 40.3 Å². The molecule has 0 aliphatic rings. The van der Waals surface area contributed by atoms with Crippen LogP contribution < -0.4 is 0 Å². The molecule has 0 spiro atoms. The molecule has 4 aromatic heterocycles. The summed E-state index contributed by atoms with van der Waals surface area (Å²) in [5, 5.41) is 16.6. The van der Waals surface area contributed by atoms with E-state index in [0.717, 1.165) is 27.9 Å². The van der Waals surface area contributed by atoms with Gasteiger partial charge in [0, 0.05) is 52.9 Å². The molecule has 0 radical (unpaired) electrons. The molecular formula is C24H26ClN5O3. The Morgan fingerprint density at radius 3 is 2.61 bits per heavy atom. The number of aromatic nitrogens is 5. The Kier molecular flexibility index (Phi) is 6.23. The second-order valence-corrected chi connectivity index (χ2v) is 8.46. The Bertz CT molecular complexity index is 1340. The fourth-order valence-electron chi connectivity index (χ4n) is 4.19. The van der Waals surface area contributed by atoms with E-state index in [1.807, 2.05) is 33.3 Å². The molecule has 33 heavy (non-hydrogen) atoms. The van der Waals surface area contributed by atoms with Crippen LogP contribution in [0.1, 0.15) is 41.1 Å². The first-order valence-electron chi connectivity index (χ1n) is 10.7. The van der Waals surface area contributed by atoms with Crippen LogP contribution >= 0.6 is 11.6 Å². The first-order valence-corrected chi connectivity index (χ1v) is 11.0. The number of pyridine rings is 2. The Balaban J connectivity index is 2.03.